The number of nitrogens with one attached hydrogen (secondary N) is 1. The van der Waals surface area contributed by atoms with Crippen molar-refractivity contribution in [2.75, 3.05) is 52.3 Å². The number of benzene rings is 1. The molecule has 0 atom stereocenters. The number of likely N-dealkylation sites (N-methyl/N-ethyl adjacent to an activating group) is 1. The monoisotopic (exact) mass is 327 g/mol. The van der Waals surface area contributed by atoms with Crippen LogP contribution in [-0.4, -0.2) is 68.6 Å². The molecular formula is C15H22ClN3O3. The molecular weight excluding hydrogens is 306 g/mol. The van der Waals surface area contributed by atoms with E-state index >= 15 is 0 Å². The normalized spacial score (nSPS) is 15.1. The van der Waals surface area contributed by atoms with Gasteiger partial charge in [0.05, 0.1) is 11.3 Å². The van der Waals surface area contributed by atoms with E-state index in [1.807, 2.05) is 11.9 Å². The van der Waals surface area contributed by atoms with E-state index in [1.54, 1.807) is 24.3 Å². The first kappa shape index (κ1) is 18.4. The summed E-state index contributed by atoms with van der Waals surface area (Å²) in [7, 11) is 3.50. The number of hydrogen-bond acceptors (Lipinski definition) is 4. The molecule has 0 saturated carbocycles. The minimum Gasteiger partial charge on any atom is -0.375 e. The van der Waals surface area contributed by atoms with E-state index in [1.165, 1.54) is 7.11 Å². The highest BCUT2D eigenvalue weighted by molar-refractivity contribution is 6.04. The van der Waals surface area contributed by atoms with Crippen molar-refractivity contribution in [2.45, 2.75) is 0 Å². The summed E-state index contributed by atoms with van der Waals surface area (Å²) < 4.78 is 4.79. The van der Waals surface area contributed by atoms with Gasteiger partial charge in [-0.15, -0.1) is 12.4 Å². The lowest BCUT2D eigenvalue weighted by Gasteiger charge is -2.32. The van der Waals surface area contributed by atoms with Gasteiger partial charge in [-0.25, -0.2) is 0 Å². The highest BCUT2D eigenvalue weighted by Crippen LogP contribution is 2.18. The Morgan fingerprint density at radius 3 is 2.45 bits per heavy atom. The molecule has 1 aliphatic heterocycles. The number of ether oxygens (including phenoxy) is 1. The van der Waals surface area contributed by atoms with Gasteiger partial charge >= 0.3 is 0 Å². The van der Waals surface area contributed by atoms with Crippen molar-refractivity contribution < 1.29 is 14.3 Å². The Morgan fingerprint density at radius 2 is 1.82 bits per heavy atom. The zero-order chi connectivity index (χ0) is 15.2. The predicted molar refractivity (Wildman–Crippen MR) is 87.6 cm³/mol. The Hall–Kier alpha value is -1.63. The number of methoxy groups -OCH3 is 1. The lowest BCUT2D eigenvalue weighted by molar-refractivity contribution is -0.119. The maximum Gasteiger partial charge on any atom is 0.256 e. The molecule has 6 nitrogen and oxygen atoms in total. The van der Waals surface area contributed by atoms with Crippen molar-refractivity contribution in [1.29, 1.82) is 0 Å². The Kier molecular flexibility index (Phi) is 7.31. The molecule has 0 radical (unpaired) electrons. The molecule has 2 amide bonds. The number of nitrogens with zero attached hydrogens (tertiary/aromatic N) is 2. The summed E-state index contributed by atoms with van der Waals surface area (Å²) in [5, 5.41) is 2.72. The molecule has 1 heterocycles. The lowest BCUT2D eigenvalue weighted by atomic mass is 10.1. The third-order valence-electron chi connectivity index (χ3n) is 3.50. The highest BCUT2D eigenvalue weighted by Gasteiger charge is 2.22. The van der Waals surface area contributed by atoms with E-state index in [0.717, 1.165) is 13.1 Å². The molecule has 7 heteroatoms. The van der Waals surface area contributed by atoms with Crippen LogP contribution in [0.4, 0.5) is 5.69 Å². The molecule has 22 heavy (non-hydrogen) atoms. The van der Waals surface area contributed by atoms with E-state index in [4.69, 9.17) is 4.74 Å². The minimum atomic E-state index is -0.267. The topological polar surface area (TPSA) is 61.9 Å². The van der Waals surface area contributed by atoms with Crippen LogP contribution in [0.25, 0.3) is 0 Å². The van der Waals surface area contributed by atoms with E-state index < -0.39 is 0 Å². The fraction of sp³-hybridized carbons (Fsp3) is 0.467. The van der Waals surface area contributed by atoms with Gasteiger partial charge in [0.2, 0.25) is 5.91 Å². The van der Waals surface area contributed by atoms with Crippen LogP contribution in [0.5, 0.6) is 0 Å². The van der Waals surface area contributed by atoms with Crippen molar-refractivity contribution in [3.05, 3.63) is 29.8 Å². The van der Waals surface area contributed by atoms with Crippen molar-refractivity contribution >= 4 is 29.9 Å². The Labute approximate surface area is 136 Å². The number of rotatable bonds is 4. The maximum absolute atomic E-state index is 12.6. The third-order valence-corrected chi connectivity index (χ3v) is 3.50. The Bertz CT molecular complexity index is 517. The molecule has 0 aliphatic carbocycles. The van der Waals surface area contributed by atoms with Gasteiger partial charge < -0.3 is 19.9 Å². The second-order valence-corrected chi connectivity index (χ2v) is 5.12. The average molecular weight is 328 g/mol. The van der Waals surface area contributed by atoms with Crippen molar-refractivity contribution in [3.63, 3.8) is 0 Å². The first-order chi connectivity index (χ1) is 10.1. The molecule has 0 unspecified atom stereocenters. The Balaban J connectivity index is 0.00000242. The van der Waals surface area contributed by atoms with E-state index in [2.05, 4.69) is 10.2 Å². The van der Waals surface area contributed by atoms with E-state index in [-0.39, 0.29) is 30.8 Å². The standard InChI is InChI=1S/C15H21N3O3.ClH/c1-17-7-9-18(10-8-17)15(20)12-5-3-4-6-13(12)16-14(19)11-21-2;/h3-6H,7-11H2,1-2H3,(H,16,19);1H. The van der Waals surface area contributed by atoms with Crippen LogP contribution in [0.1, 0.15) is 10.4 Å². The molecule has 0 aromatic heterocycles. The smallest absolute Gasteiger partial charge is 0.256 e. The van der Waals surface area contributed by atoms with Gasteiger partial charge in [0.1, 0.15) is 6.61 Å². The van der Waals surface area contributed by atoms with Crippen LogP contribution in [0.15, 0.2) is 24.3 Å². The first-order valence-corrected chi connectivity index (χ1v) is 6.97. The second-order valence-electron chi connectivity index (χ2n) is 5.12. The number of halogens is 1. The zero-order valence-electron chi connectivity index (χ0n) is 12.9. The number of para-hydroxylation sites is 1. The molecule has 122 valence electrons. The van der Waals surface area contributed by atoms with Crippen molar-refractivity contribution in [1.82, 2.24) is 9.80 Å². The van der Waals surface area contributed by atoms with Crippen LogP contribution >= 0.6 is 12.4 Å². The quantitative estimate of drug-likeness (QED) is 0.899. The van der Waals surface area contributed by atoms with Crippen LogP contribution in [0.3, 0.4) is 0 Å². The SMILES string of the molecule is COCC(=O)Nc1ccccc1C(=O)N1CCN(C)CC1.Cl. The Morgan fingerprint density at radius 1 is 1.18 bits per heavy atom. The molecule has 1 fully saturated rings. The summed E-state index contributed by atoms with van der Waals surface area (Å²) >= 11 is 0. The predicted octanol–water partition coefficient (Wildman–Crippen LogP) is 1.08. The number of piperazine rings is 1. The number of carbonyl (C=O) groups excluding carboxylic acids is 2. The second kappa shape index (κ2) is 8.73. The van der Waals surface area contributed by atoms with Crippen molar-refractivity contribution in [2.24, 2.45) is 0 Å². The number of anilines is 1. The van der Waals surface area contributed by atoms with Gasteiger partial charge in [0.15, 0.2) is 0 Å². The average Bonchev–Trinajstić information content (AvgIpc) is 2.48. The number of hydrogen-bond donors (Lipinski definition) is 1. The minimum absolute atomic E-state index is 0. The first-order valence-electron chi connectivity index (χ1n) is 6.97. The maximum atomic E-state index is 12.6. The number of amides is 2. The molecule has 0 bridgehead atoms. The molecule has 2 rings (SSSR count). The summed E-state index contributed by atoms with van der Waals surface area (Å²) in [4.78, 5) is 28.2. The molecule has 1 saturated heterocycles. The molecule has 1 aliphatic rings. The van der Waals surface area contributed by atoms with Crippen molar-refractivity contribution in [3.8, 4) is 0 Å². The van der Waals surface area contributed by atoms with Crippen LogP contribution in [0.2, 0.25) is 0 Å². The van der Waals surface area contributed by atoms with E-state index in [0.29, 0.717) is 24.3 Å². The summed E-state index contributed by atoms with van der Waals surface area (Å²) in [6.45, 7) is 3.11. The van der Waals surface area contributed by atoms with Gasteiger partial charge in [-0.05, 0) is 19.2 Å². The van der Waals surface area contributed by atoms with Gasteiger partial charge in [-0.2, -0.15) is 0 Å². The molecule has 0 spiro atoms. The van der Waals surface area contributed by atoms with Crippen LogP contribution < -0.4 is 5.32 Å². The lowest BCUT2D eigenvalue weighted by Crippen LogP contribution is -2.47. The number of carbonyl (C=O) groups is 2. The van der Waals surface area contributed by atoms with Crippen LogP contribution in [0, 0.1) is 0 Å². The summed E-state index contributed by atoms with van der Waals surface area (Å²) in [5.74, 6) is -0.312. The van der Waals surface area contributed by atoms with Gasteiger partial charge in [0.25, 0.3) is 5.91 Å². The molecule has 1 aromatic rings. The van der Waals surface area contributed by atoms with Gasteiger partial charge in [0, 0.05) is 33.3 Å². The largest absolute Gasteiger partial charge is 0.375 e. The zero-order valence-corrected chi connectivity index (χ0v) is 13.7. The van der Waals surface area contributed by atoms with Gasteiger partial charge in [-0.3, -0.25) is 9.59 Å². The van der Waals surface area contributed by atoms with Gasteiger partial charge in [-0.1, -0.05) is 12.1 Å². The summed E-state index contributed by atoms with van der Waals surface area (Å²) in [6.07, 6.45) is 0. The summed E-state index contributed by atoms with van der Waals surface area (Å²) in [5.41, 5.74) is 1.05. The van der Waals surface area contributed by atoms with E-state index in [9.17, 15) is 9.59 Å². The fourth-order valence-corrected chi connectivity index (χ4v) is 2.28. The third kappa shape index (κ3) is 4.69. The highest BCUT2D eigenvalue weighted by atomic mass is 35.5. The summed E-state index contributed by atoms with van der Waals surface area (Å²) in [6, 6.07) is 7.07. The molecule has 1 N–H and O–H groups in total. The van der Waals surface area contributed by atoms with Crippen LogP contribution in [-0.2, 0) is 9.53 Å². The fourth-order valence-electron chi connectivity index (χ4n) is 2.28. The molecule has 1 aromatic carbocycles.